The summed E-state index contributed by atoms with van der Waals surface area (Å²) in [5.41, 5.74) is 0. The van der Waals surface area contributed by atoms with Gasteiger partial charge in [-0.15, -0.1) is 0 Å². The van der Waals surface area contributed by atoms with E-state index in [2.05, 4.69) is 11.6 Å². The Morgan fingerprint density at radius 3 is 2.76 bits per heavy atom. The van der Waals surface area contributed by atoms with E-state index in [-0.39, 0.29) is 6.10 Å². The minimum absolute atomic E-state index is 0.354. The van der Waals surface area contributed by atoms with Crippen LogP contribution >= 0.6 is 11.8 Å². The van der Waals surface area contributed by atoms with Crippen molar-refractivity contribution in [2.24, 2.45) is 5.92 Å². The van der Waals surface area contributed by atoms with E-state index in [1.165, 1.54) is 32.1 Å². The predicted octanol–water partition coefficient (Wildman–Crippen LogP) is 1.65. The Hall–Kier alpha value is 0.230. The third-order valence-electron chi connectivity index (χ3n) is 3.89. The topological polar surface area (TPSA) is 41.5 Å². The minimum Gasteiger partial charge on any atom is -0.389 e. The van der Waals surface area contributed by atoms with Crippen LogP contribution in [-0.4, -0.2) is 48.5 Å². The van der Waals surface area contributed by atoms with Gasteiger partial charge in [0.2, 0.25) is 0 Å². The summed E-state index contributed by atoms with van der Waals surface area (Å²) in [7, 11) is 0. The maximum atomic E-state index is 9.75. The highest BCUT2D eigenvalue weighted by Crippen LogP contribution is 2.42. The van der Waals surface area contributed by atoms with Crippen LogP contribution in [0.2, 0.25) is 0 Å². The number of rotatable bonds is 9. The number of aliphatic hydroxyl groups excluding tert-OH is 1. The van der Waals surface area contributed by atoms with Crippen LogP contribution in [0.15, 0.2) is 0 Å². The molecule has 2 fully saturated rings. The summed E-state index contributed by atoms with van der Waals surface area (Å²) < 4.78 is 5.93. The molecule has 1 unspecified atom stereocenters. The average Bonchev–Trinajstić information content (AvgIpc) is 3.06. The molecule has 0 aromatic rings. The molecule has 0 radical (unpaired) electrons. The van der Waals surface area contributed by atoms with Gasteiger partial charge in [0.1, 0.15) is 0 Å². The quantitative estimate of drug-likeness (QED) is 0.661. The van der Waals surface area contributed by atoms with Gasteiger partial charge in [-0.1, -0.05) is 6.42 Å². The monoisotopic (exact) mass is 259 g/mol. The van der Waals surface area contributed by atoms with E-state index in [0.717, 1.165) is 19.1 Å². The van der Waals surface area contributed by atoms with Crippen molar-refractivity contribution >= 4 is 11.8 Å². The minimum atomic E-state index is -0.354. The van der Waals surface area contributed by atoms with Gasteiger partial charge in [0.05, 0.1) is 12.7 Å². The van der Waals surface area contributed by atoms with Gasteiger partial charge in [0.15, 0.2) is 0 Å². The molecule has 4 heteroatoms. The summed E-state index contributed by atoms with van der Waals surface area (Å²) in [6.45, 7) is 3.00. The summed E-state index contributed by atoms with van der Waals surface area (Å²) >= 11 is 1.97. The van der Waals surface area contributed by atoms with E-state index < -0.39 is 0 Å². The summed E-state index contributed by atoms with van der Waals surface area (Å²) in [5, 5.41) is 13.1. The van der Waals surface area contributed by atoms with Crippen molar-refractivity contribution in [1.29, 1.82) is 0 Å². The van der Waals surface area contributed by atoms with E-state index in [4.69, 9.17) is 4.74 Å². The van der Waals surface area contributed by atoms with Crippen molar-refractivity contribution in [2.45, 2.75) is 43.0 Å². The number of hydrogen-bond acceptors (Lipinski definition) is 4. The molecule has 2 aliphatic rings. The van der Waals surface area contributed by atoms with Crippen LogP contribution in [0, 0.1) is 5.92 Å². The molecule has 0 amide bonds. The first-order valence-corrected chi connectivity index (χ1v) is 7.98. The van der Waals surface area contributed by atoms with Gasteiger partial charge in [0.25, 0.3) is 0 Å². The summed E-state index contributed by atoms with van der Waals surface area (Å²) in [4.78, 5) is 0. The van der Waals surface area contributed by atoms with Crippen LogP contribution in [0.3, 0.4) is 0 Å². The van der Waals surface area contributed by atoms with E-state index in [1.54, 1.807) is 0 Å². The molecule has 2 aliphatic carbocycles. The Kier molecular flexibility index (Phi) is 5.15. The van der Waals surface area contributed by atoms with E-state index in [1.807, 2.05) is 11.8 Å². The molecule has 17 heavy (non-hydrogen) atoms. The van der Waals surface area contributed by atoms with Crippen molar-refractivity contribution in [3.05, 3.63) is 0 Å². The highest BCUT2D eigenvalue weighted by Gasteiger charge is 2.35. The van der Waals surface area contributed by atoms with Crippen molar-refractivity contribution in [3.63, 3.8) is 0 Å². The average molecular weight is 259 g/mol. The summed E-state index contributed by atoms with van der Waals surface area (Å²) in [6, 6.07) is 0. The number of thioether (sulfide) groups is 1. The van der Waals surface area contributed by atoms with Crippen molar-refractivity contribution in [3.8, 4) is 0 Å². The Bertz CT molecular complexity index is 224. The Morgan fingerprint density at radius 1 is 1.47 bits per heavy atom. The molecule has 0 aromatic carbocycles. The van der Waals surface area contributed by atoms with Gasteiger partial charge in [-0.05, 0) is 37.9 Å². The molecule has 0 heterocycles. The second-order valence-corrected chi connectivity index (χ2v) is 6.78. The van der Waals surface area contributed by atoms with E-state index in [9.17, 15) is 5.11 Å². The molecule has 0 aromatic heterocycles. The zero-order valence-electron chi connectivity index (χ0n) is 10.8. The normalized spacial score (nSPS) is 24.4. The molecule has 0 saturated heterocycles. The number of ether oxygens (including phenoxy) is 1. The molecular weight excluding hydrogens is 234 g/mol. The highest BCUT2D eigenvalue weighted by atomic mass is 32.2. The maximum Gasteiger partial charge on any atom is 0.0897 e. The lowest BCUT2D eigenvalue weighted by Crippen LogP contribution is -2.45. The Labute approximate surface area is 109 Å². The Balaban J connectivity index is 1.48. The molecule has 2 rings (SSSR count). The molecule has 0 bridgehead atoms. The van der Waals surface area contributed by atoms with Crippen LogP contribution < -0.4 is 5.32 Å². The first-order valence-electron chi connectivity index (χ1n) is 6.76. The molecule has 2 N–H and O–H groups in total. The fraction of sp³-hybridized carbons (Fsp3) is 1.00. The Morgan fingerprint density at radius 2 is 2.24 bits per heavy atom. The molecule has 100 valence electrons. The lowest BCUT2D eigenvalue weighted by atomic mass is 9.84. The first-order chi connectivity index (χ1) is 8.24. The standard InChI is InChI=1S/C13H25NO2S/c1-17-13(5-2-6-13)10-14-7-12(15)9-16-8-11-3-4-11/h11-12,14-15H,2-10H2,1H3. The zero-order chi connectivity index (χ0) is 12.1. The maximum absolute atomic E-state index is 9.75. The zero-order valence-corrected chi connectivity index (χ0v) is 11.6. The van der Waals surface area contributed by atoms with Gasteiger partial charge in [-0.2, -0.15) is 11.8 Å². The molecule has 0 spiro atoms. The second kappa shape index (κ2) is 6.41. The second-order valence-electron chi connectivity index (χ2n) is 5.51. The lowest BCUT2D eigenvalue weighted by Gasteiger charge is -2.40. The van der Waals surface area contributed by atoms with Crippen LogP contribution in [-0.2, 0) is 4.74 Å². The SMILES string of the molecule is CSC1(CNCC(O)COCC2CC2)CCC1. The lowest BCUT2D eigenvalue weighted by molar-refractivity contribution is 0.0320. The van der Waals surface area contributed by atoms with Crippen LogP contribution in [0.25, 0.3) is 0 Å². The molecule has 1 atom stereocenters. The van der Waals surface area contributed by atoms with Crippen LogP contribution in [0.1, 0.15) is 32.1 Å². The highest BCUT2D eigenvalue weighted by molar-refractivity contribution is 8.00. The fourth-order valence-electron chi connectivity index (χ4n) is 2.20. The van der Waals surface area contributed by atoms with E-state index >= 15 is 0 Å². The number of nitrogens with one attached hydrogen (secondary N) is 1. The van der Waals surface area contributed by atoms with Gasteiger partial charge < -0.3 is 15.2 Å². The van der Waals surface area contributed by atoms with Gasteiger partial charge in [-0.3, -0.25) is 0 Å². The van der Waals surface area contributed by atoms with Crippen LogP contribution in [0.5, 0.6) is 0 Å². The van der Waals surface area contributed by atoms with Crippen molar-refractivity contribution in [2.75, 3.05) is 32.6 Å². The third-order valence-corrected chi connectivity index (χ3v) is 5.30. The third kappa shape index (κ3) is 4.43. The largest absolute Gasteiger partial charge is 0.389 e. The molecular formula is C13H25NO2S. The molecule has 0 aliphatic heterocycles. The number of aliphatic hydroxyl groups is 1. The first kappa shape index (κ1) is 13.7. The summed E-state index contributed by atoms with van der Waals surface area (Å²) in [5.74, 6) is 0.782. The number of hydrogen-bond donors (Lipinski definition) is 2. The van der Waals surface area contributed by atoms with Gasteiger partial charge >= 0.3 is 0 Å². The van der Waals surface area contributed by atoms with E-state index in [0.29, 0.717) is 17.9 Å². The smallest absolute Gasteiger partial charge is 0.0897 e. The van der Waals surface area contributed by atoms with Gasteiger partial charge in [-0.25, -0.2) is 0 Å². The molecule has 2 saturated carbocycles. The molecule has 3 nitrogen and oxygen atoms in total. The summed E-state index contributed by atoms with van der Waals surface area (Å²) in [6.07, 6.45) is 8.44. The predicted molar refractivity (Wildman–Crippen MR) is 72.5 cm³/mol. The van der Waals surface area contributed by atoms with Crippen molar-refractivity contribution in [1.82, 2.24) is 5.32 Å². The fourth-order valence-corrected chi connectivity index (χ4v) is 3.15. The van der Waals surface area contributed by atoms with Crippen LogP contribution in [0.4, 0.5) is 0 Å². The van der Waals surface area contributed by atoms with Gasteiger partial charge in [0, 0.05) is 24.4 Å². The van der Waals surface area contributed by atoms with Crippen molar-refractivity contribution < 1.29 is 9.84 Å².